The molecule has 0 bridgehead atoms. The van der Waals surface area contributed by atoms with Crippen molar-refractivity contribution in [3.63, 3.8) is 0 Å². The Morgan fingerprint density at radius 3 is 2.43 bits per heavy atom. The van der Waals surface area contributed by atoms with Crippen LogP contribution in [0.5, 0.6) is 5.75 Å². The molecule has 1 heterocycles. The summed E-state index contributed by atoms with van der Waals surface area (Å²) in [5.74, 6) is -0.974. The summed E-state index contributed by atoms with van der Waals surface area (Å²) < 4.78 is 40.5. The normalized spacial score (nSPS) is 11.6. The van der Waals surface area contributed by atoms with Crippen LogP contribution in [-0.4, -0.2) is 27.4 Å². The van der Waals surface area contributed by atoms with Gasteiger partial charge in [0.1, 0.15) is 11.6 Å². The number of nitrogens with zero attached hydrogens (tertiary/aromatic N) is 1. The number of hydrogen-bond donors (Lipinski definition) is 2. The summed E-state index contributed by atoms with van der Waals surface area (Å²) in [6.45, 7) is 0. The van der Waals surface area contributed by atoms with Crippen LogP contribution in [0.25, 0.3) is 22.4 Å². The highest BCUT2D eigenvalue weighted by Gasteiger charge is 2.31. The van der Waals surface area contributed by atoms with E-state index in [0.717, 1.165) is 0 Å². The van der Waals surface area contributed by atoms with Crippen molar-refractivity contribution in [3.05, 3.63) is 48.0 Å². The van der Waals surface area contributed by atoms with Crippen LogP contribution >= 0.6 is 0 Å². The molecule has 0 spiro atoms. The quantitative estimate of drug-likeness (QED) is 0.768. The van der Waals surface area contributed by atoms with Gasteiger partial charge in [0.15, 0.2) is 0 Å². The first kappa shape index (κ1) is 14.9. The number of nitrogens with one attached hydrogen (secondary N) is 1. The summed E-state index contributed by atoms with van der Waals surface area (Å²) in [4.78, 5) is 17.9. The van der Waals surface area contributed by atoms with Crippen molar-refractivity contribution in [1.82, 2.24) is 9.97 Å². The second kappa shape index (κ2) is 5.31. The predicted octanol–water partition coefficient (Wildman–Crippen LogP) is 3.83. The van der Waals surface area contributed by atoms with E-state index in [9.17, 15) is 18.0 Å². The van der Waals surface area contributed by atoms with E-state index in [0.29, 0.717) is 22.4 Å². The second-order valence-electron chi connectivity index (χ2n) is 4.69. The van der Waals surface area contributed by atoms with Gasteiger partial charge in [-0.1, -0.05) is 12.1 Å². The molecule has 1 aromatic heterocycles. The Hall–Kier alpha value is -3.03. The maximum Gasteiger partial charge on any atom is 0.573 e. The monoisotopic (exact) mass is 322 g/mol. The number of carboxylic acid groups (broad SMARTS) is 1. The molecular formula is C15H9F3N2O3. The minimum atomic E-state index is -4.76. The third kappa shape index (κ3) is 3.25. The van der Waals surface area contributed by atoms with Gasteiger partial charge in [0.2, 0.25) is 0 Å². The van der Waals surface area contributed by atoms with E-state index in [2.05, 4.69) is 14.7 Å². The van der Waals surface area contributed by atoms with Crippen LogP contribution in [0, 0.1) is 0 Å². The van der Waals surface area contributed by atoms with Gasteiger partial charge in [-0.05, 0) is 24.3 Å². The van der Waals surface area contributed by atoms with Gasteiger partial charge in [0.25, 0.3) is 0 Å². The van der Waals surface area contributed by atoms with E-state index < -0.39 is 12.3 Å². The molecule has 0 saturated heterocycles. The summed E-state index contributed by atoms with van der Waals surface area (Å²) in [6, 6.07) is 9.75. The lowest BCUT2D eigenvalue weighted by Crippen LogP contribution is -2.16. The van der Waals surface area contributed by atoms with Crippen LogP contribution < -0.4 is 4.74 Å². The van der Waals surface area contributed by atoms with Crippen molar-refractivity contribution in [3.8, 4) is 17.1 Å². The number of alkyl halides is 3. The molecule has 0 aliphatic carbocycles. The van der Waals surface area contributed by atoms with Crippen LogP contribution in [0.4, 0.5) is 13.2 Å². The van der Waals surface area contributed by atoms with Gasteiger partial charge < -0.3 is 14.8 Å². The van der Waals surface area contributed by atoms with E-state index in [1.54, 1.807) is 12.1 Å². The van der Waals surface area contributed by atoms with Gasteiger partial charge in [-0.3, -0.25) is 0 Å². The number of aromatic nitrogens is 2. The van der Waals surface area contributed by atoms with Crippen LogP contribution in [0.1, 0.15) is 10.4 Å². The minimum Gasteiger partial charge on any atom is -0.478 e. The maximum atomic E-state index is 12.2. The van der Waals surface area contributed by atoms with E-state index in [1.165, 1.54) is 30.3 Å². The highest BCUT2D eigenvalue weighted by Crippen LogP contribution is 2.27. The number of aromatic amines is 1. The molecule has 0 amide bonds. The highest BCUT2D eigenvalue weighted by molar-refractivity contribution is 5.88. The smallest absolute Gasteiger partial charge is 0.478 e. The molecule has 3 rings (SSSR count). The number of carbonyl (C=O) groups is 1. The molecule has 0 saturated carbocycles. The Kier molecular flexibility index (Phi) is 3.44. The lowest BCUT2D eigenvalue weighted by Gasteiger charge is -2.07. The molecule has 5 nitrogen and oxygen atoms in total. The van der Waals surface area contributed by atoms with E-state index >= 15 is 0 Å². The number of rotatable bonds is 3. The maximum absolute atomic E-state index is 12.2. The van der Waals surface area contributed by atoms with Gasteiger partial charge in [-0.15, -0.1) is 13.2 Å². The average molecular weight is 322 g/mol. The minimum absolute atomic E-state index is 0.130. The molecule has 8 heteroatoms. The molecule has 23 heavy (non-hydrogen) atoms. The number of aromatic carboxylic acids is 1. The lowest BCUT2D eigenvalue weighted by atomic mass is 10.1. The molecule has 2 N–H and O–H groups in total. The Bertz CT molecular complexity index is 870. The largest absolute Gasteiger partial charge is 0.573 e. The number of H-pyrrole nitrogens is 1. The van der Waals surface area contributed by atoms with Gasteiger partial charge in [0.05, 0.1) is 16.6 Å². The zero-order valence-electron chi connectivity index (χ0n) is 11.4. The molecule has 3 aromatic rings. The first-order chi connectivity index (χ1) is 10.8. The van der Waals surface area contributed by atoms with Crippen LogP contribution in [-0.2, 0) is 0 Å². The summed E-state index contributed by atoms with van der Waals surface area (Å²) in [5, 5.41) is 8.85. The van der Waals surface area contributed by atoms with Crippen LogP contribution in [0.15, 0.2) is 42.5 Å². The number of hydrogen-bond acceptors (Lipinski definition) is 3. The van der Waals surface area contributed by atoms with Crippen molar-refractivity contribution < 1.29 is 27.8 Å². The third-order valence-electron chi connectivity index (χ3n) is 3.09. The number of halogens is 3. The summed E-state index contributed by atoms with van der Waals surface area (Å²) in [6.07, 6.45) is -4.76. The van der Waals surface area contributed by atoms with E-state index in [4.69, 9.17) is 5.11 Å². The molecule has 118 valence electrons. The molecule has 0 aliphatic heterocycles. The zero-order chi connectivity index (χ0) is 16.6. The van der Waals surface area contributed by atoms with Gasteiger partial charge in [-0.2, -0.15) is 0 Å². The molecule has 0 atom stereocenters. The first-order valence-electron chi connectivity index (χ1n) is 6.41. The summed E-state index contributed by atoms with van der Waals surface area (Å²) >= 11 is 0. The number of ether oxygens (including phenoxy) is 1. The summed E-state index contributed by atoms with van der Waals surface area (Å²) in [5.41, 5.74) is 1.59. The molecule has 2 aromatic carbocycles. The molecule has 0 unspecified atom stereocenters. The molecule has 0 aliphatic rings. The fourth-order valence-electron chi connectivity index (χ4n) is 2.09. The third-order valence-corrected chi connectivity index (χ3v) is 3.09. The van der Waals surface area contributed by atoms with Gasteiger partial charge in [0, 0.05) is 11.6 Å². The highest BCUT2D eigenvalue weighted by atomic mass is 19.4. The van der Waals surface area contributed by atoms with Crippen LogP contribution in [0.3, 0.4) is 0 Å². The topological polar surface area (TPSA) is 75.2 Å². The number of carboxylic acids is 1. The van der Waals surface area contributed by atoms with Crippen molar-refractivity contribution in [2.75, 3.05) is 0 Å². The van der Waals surface area contributed by atoms with Crippen molar-refractivity contribution in [2.45, 2.75) is 6.36 Å². The Morgan fingerprint density at radius 1 is 1.13 bits per heavy atom. The van der Waals surface area contributed by atoms with Crippen molar-refractivity contribution in [1.29, 1.82) is 0 Å². The Morgan fingerprint density at radius 2 is 1.83 bits per heavy atom. The number of benzene rings is 2. The predicted molar refractivity (Wildman–Crippen MR) is 75.2 cm³/mol. The Labute approximate surface area is 127 Å². The standard InChI is InChI=1S/C15H9F3N2O3/c16-15(17,18)23-10-5-6-11-12(7-10)20-13(19-11)8-1-3-9(4-2-8)14(21)22/h1-7H,(H,19,20)(H,21,22). The van der Waals surface area contributed by atoms with Gasteiger partial charge >= 0.3 is 12.3 Å². The van der Waals surface area contributed by atoms with Gasteiger partial charge in [-0.25, -0.2) is 9.78 Å². The molecule has 0 fully saturated rings. The SMILES string of the molecule is O=C(O)c1ccc(-c2nc3ccc(OC(F)(F)F)cc3[nH]2)cc1. The number of fused-ring (bicyclic) bond motifs is 1. The molecule has 0 radical (unpaired) electrons. The van der Waals surface area contributed by atoms with Crippen LogP contribution in [0.2, 0.25) is 0 Å². The summed E-state index contributed by atoms with van der Waals surface area (Å²) in [7, 11) is 0. The van der Waals surface area contributed by atoms with Crippen molar-refractivity contribution in [2.24, 2.45) is 0 Å². The average Bonchev–Trinajstić information content (AvgIpc) is 2.88. The molecular weight excluding hydrogens is 313 g/mol. The Balaban J connectivity index is 1.94. The van der Waals surface area contributed by atoms with E-state index in [-0.39, 0.29) is 11.3 Å². The zero-order valence-corrected chi connectivity index (χ0v) is 11.4. The van der Waals surface area contributed by atoms with E-state index in [1.807, 2.05) is 0 Å². The first-order valence-corrected chi connectivity index (χ1v) is 6.41. The number of imidazole rings is 1. The fraction of sp³-hybridized carbons (Fsp3) is 0.0667. The fourth-order valence-corrected chi connectivity index (χ4v) is 2.09. The van der Waals surface area contributed by atoms with Crippen molar-refractivity contribution >= 4 is 17.0 Å². The second-order valence-corrected chi connectivity index (χ2v) is 4.69. The lowest BCUT2D eigenvalue weighted by molar-refractivity contribution is -0.274.